The number of hydrogen-bond donors (Lipinski definition) is 2. The molecule has 1 heterocycles. The van der Waals surface area contributed by atoms with E-state index in [4.69, 9.17) is 0 Å². The van der Waals surface area contributed by atoms with E-state index in [-0.39, 0.29) is 18.5 Å². The van der Waals surface area contributed by atoms with Gasteiger partial charge in [-0.2, -0.15) is 8.78 Å². The molecule has 1 fully saturated rings. The number of nitrogens with one attached hydrogen (secondary N) is 1. The van der Waals surface area contributed by atoms with Gasteiger partial charge in [0.15, 0.2) is 23.2 Å². The smallest absolute Gasteiger partial charge is 0.305 e. The number of hydrogen-bond acceptors (Lipinski definition) is 5. The van der Waals surface area contributed by atoms with Crippen molar-refractivity contribution < 1.29 is 46.6 Å². The molecule has 8 nitrogen and oxygen atoms in total. The van der Waals surface area contributed by atoms with Crippen LogP contribution in [-0.4, -0.2) is 59.3 Å². The van der Waals surface area contributed by atoms with Crippen LogP contribution in [0.5, 0.6) is 5.75 Å². The number of aryl methyl sites for hydroxylation is 1. The normalized spacial score (nSPS) is 16.3. The minimum absolute atomic E-state index is 0.0302. The SMILES string of the molecule is Cc1ccccc1C(=O)N1CCCCC(C(=O)N[C@@H](CC(=O)O)C(=O)COc2c(F)c(F)cc(F)c2F)C1. The van der Waals surface area contributed by atoms with Crippen LogP contribution in [0.1, 0.15) is 41.6 Å². The van der Waals surface area contributed by atoms with Crippen LogP contribution in [0.25, 0.3) is 0 Å². The quantitative estimate of drug-likeness (QED) is 0.374. The lowest BCUT2D eigenvalue weighted by atomic mass is 10.0. The molecule has 1 unspecified atom stereocenters. The Morgan fingerprint density at radius 1 is 1.08 bits per heavy atom. The summed E-state index contributed by atoms with van der Waals surface area (Å²) in [4.78, 5) is 51.6. The summed E-state index contributed by atoms with van der Waals surface area (Å²) in [6.07, 6.45) is 0.718. The number of halogens is 4. The minimum Gasteiger partial charge on any atom is -0.481 e. The Kier molecular flexibility index (Phi) is 9.43. The second-order valence-electron chi connectivity index (χ2n) is 8.97. The molecule has 12 heteroatoms. The number of carbonyl (C=O) groups excluding carboxylic acids is 3. The molecule has 0 saturated carbocycles. The Labute approximate surface area is 215 Å². The van der Waals surface area contributed by atoms with Gasteiger partial charge in [0.05, 0.1) is 12.3 Å². The molecule has 0 aliphatic carbocycles. The van der Waals surface area contributed by atoms with Gasteiger partial charge in [-0.25, -0.2) is 8.78 Å². The Balaban J connectivity index is 1.71. The van der Waals surface area contributed by atoms with Gasteiger partial charge in [-0.3, -0.25) is 19.2 Å². The first-order chi connectivity index (χ1) is 18.0. The first-order valence-electron chi connectivity index (χ1n) is 11.8. The van der Waals surface area contributed by atoms with E-state index in [0.29, 0.717) is 31.4 Å². The highest BCUT2D eigenvalue weighted by Gasteiger charge is 2.32. The monoisotopic (exact) mass is 538 g/mol. The van der Waals surface area contributed by atoms with Crippen molar-refractivity contribution >= 4 is 23.6 Å². The molecular formula is C26H26F4N2O6. The number of Topliss-reactive ketones (excluding diaryl/α,β-unsaturated/α-hetero) is 1. The first kappa shape index (κ1) is 28.6. The number of rotatable bonds is 9. The van der Waals surface area contributed by atoms with E-state index in [2.05, 4.69) is 10.1 Å². The van der Waals surface area contributed by atoms with Crippen molar-refractivity contribution in [3.63, 3.8) is 0 Å². The standard InChI is InChI=1S/C26H26F4N2O6/c1-14-6-2-3-8-16(14)26(37)32-9-5-4-7-15(12-32)25(36)31-19(11-21(34)35)20(33)13-38-24-22(29)17(27)10-18(28)23(24)30/h2-3,6,8,10,15,19H,4-5,7,9,11-13H2,1H3,(H,31,36)(H,34,35)/t15?,19-/m0/s1. The highest BCUT2D eigenvalue weighted by Crippen LogP contribution is 2.26. The molecular weight excluding hydrogens is 512 g/mol. The van der Waals surface area contributed by atoms with Crippen LogP contribution >= 0.6 is 0 Å². The van der Waals surface area contributed by atoms with E-state index in [1.165, 1.54) is 4.90 Å². The predicted molar refractivity (Wildman–Crippen MR) is 125 cm³/mol. The number of ether oxygens (including phenoxy) is 1. The molecule has 2 N–H and O–H groups in total. The fourth-order valence-electron chi connectivity index (χ4n) is 4.16. The summed E-state index contributed by atoms with van der Waals surface area (Å²) in [5, 5.41) is 11.5. The zero-order chi connectivity index (χ0) is 28.0. The van der Waals surface area contributed by atoms with E-state index in [9.17, 15) is 41.8 Å². The van der Waals surface area contributed by atoms with Gasteiger partial charge in [-0.1, -0.05) is 24.6 Å². The van der Waals surface area contributed by atoms with Crippen molar-refractivity contribution in [3.8, 4) is 5.75 Å². The topological polar surface area (TPSA) is 113 Å². The number of carbonyl (C=O) groups is 4. The molecule has 1 aliphatic heterocycles. The Morgan fingerprint density at radius 3 is 2.37 bits per heavy atom. The summed E-state index contributed by atoms with van der Waals surface area (Å²) in [7, 11) is 0. The summed E-state index contributed by atoms with van der Waals surface area (Å²) >= 11 is 0. The molecule has 204 valence electrons. The van der Waals surface area contributed by atoms with E-state index in [1.807, 2.05) is 0 Å². The van der Waals surface area contributed by atoms with E-state index >= 15 is 0 Å². The Bertz CT molecular complexity index is 1210. The molecule has 0 radical (unpaired) electrons. The van der Waals surface area contributed by atoms with Gasteiger partial charge in [-0.15, -0.1) is 0 Å². The van der Waals surface area contributed by atoms with Crippen LogP contribution in [0.4, 0.5) is 17.6 Å². The third-order valence-electron chi connectivity index (χ3n) is 6.22. The number of carboxylic acids is 1. The molecule has 0 aromatic heterocycles. The lowest BCUT2D eigenvalue weighted by Crippen LogP contribution is -2.48. The second-order valence-corrected chi connectivity index (χ2v) is 8.97. The first-order valence-corrected chi connectivity index (χ1v) is 11.8. The second kappa shape index (κ2) is 12.5. The molecule has 0 spiro atoms. The largest absolute Gasteiger partial charge is 0.481 e. The number of benzene rings is 2. The molecule has 2 aromatic carbocycles. The van der Waals surface area contributed by atoms with Crippen molar-refractivity contribution in [2.24, 2.45) is 5.92 Å². The van der Waals surface area contributed by atoms with Crippen LogP contribution in [0.2, 0.25) is 0 Å². The van der Waals surface area contributed by atoms with E-state index in [1.54, 1.807) is 31.2 Å². The van der Waals surface area contributed by atoms with Gasteiger partial charge >= 0.3 is 5.97 Å². The number of nitrogens with zero attached hydrogens (tertiary/aromatic N) is 1. The molecule has 2 atom stereocenters. The van der Waals surface area contributed by atoms with Gasteiger partial charge in [0.25, 0.3) is 5.91 Å². The van der Waals surface area contributed by atoms with Crippen LogP contribution < -0.4 is 10.1 Å². The average Bonchev–Trinajstić information content (AvgIpc) is 3.13. The number of likely N-dealkylation sites (tertiary alicyclic amines) is 1. The fraction of sp³-hybridized carbons (Fsp3) is 0.385. The third kappa shape index (κ3) is 6.87. The summed E-state index contributed by atoms with van der Waals surface area (Å²) in [5.41, 5.74) is 1.25. The zero-order valence-corrected chi connectivity index (χ0v) is 20.4. The molecule has 2 aromatic rings. The Morgan fingerprint density at radius 2 is 1.74 bits per heavy atom. The maximum atomic E-state index is 13.8. The lowest BCUT2D eigenvalue weighted by Gasteiger charge is -2.26. The zero-order valence-electron chi connectivity index (χ0n) is 20.4. The van der Waals surface area contributed by atoms with E-state index < -0.39 is 71.7 Å². The Hall–Kier alpha value is -3.96. The van der Waals surface area contributed by atoms with Crippen LogP contribution in [0, 0.1) is 36.1 Å². The van der Waals surface area contributed by atoms with Gasteiger partial charge in [0.2, 0.25) is 17.5 Å². The molecule has 3 rings (SSSR count). The summed E-state index contributed by atoms with van der Waals surface area (Å²) in [6, 6.07) is 5.29. The van der Waals surface area contributed by atoms with Crippen molar-refractivity contribution in [2.45, 2.75) is 38.6 Å². The maximum absolute atomic E-state index is 13.8. The molecule has 1 saturated heterocycles. The lowest BCUT2D eigenvalue weighted by molar-refractivity contribution is -0.141. The van der Waals surface area contributed by atoms with Gasteiger partial charge in [0.1, 0.15) is 12.6 Å². The number of ketones is 1. The summed E-state index contributed by atoms with van der Waals surface area (Å²) in [5.74, 6) is -13.0. The average molecular weight is 538 g/mol. The van der Waals surface area contributed by atoms with Gasteiger partial charge < -0.3 is 20.1 Å². The molecule has 1 aliphatic rings. The fourth-order valence-corrected chi connectivity index (χ4v) is 4.16. The molecule has 2 amide bonds. The summed E-state index contributed by atoms with van der Waals surface area (Å²) < 4.78 is 59.1. The van der Waals surface area contributed by atoms with E-state index in [0.717, 1.165) is 5.56 Å². The number of amides is 2. The molecule has 38 heavy (non-hydrogen) atoms. The van der Waals surface area contributed by atoms with Gasteiger partial charge in [0, 0.05) is 24.7 Å². The number of carboxylic acid groups (broad SMARTS) is 1. The van der Waals surface area contributed by atoms with Crippen molar-refractivity contribution in [2.75, 3.05) is 19.7 Å². The predicted octanol–water partition coefficient (Wildman–Crippen LogP) is 3.40. The van der Waals surface area contributed by atoms with Crippen molar-refractivity contribution in [1.29, 1.82) is 0 Å². The minimum atomic E-state index is -1.87. The van der Waals surface area contributed by atoms with Crippen LogP contribution in [0.3, 0.4) is 0 Å². The van der Waals surface area contributed by atoms with Gasteiger partial charge in [-0.05, 0) is 31.4 Å². The van der Waals surface area contributed by atoms with Crippen molar-refractivity contribution in [1.82, 2.24) is 10.2 Å². The maximum Gasteiger partial charge on any atom is 0.305 e. The van der Waals surface area contributed by atoms with Crippen molar-refractivity contribution in [3.05, 3.63) is 64.7 Å². The third-order valence-corrected chi connectivity index (χ3v) is 6.22. The van der Waals surface area contributed by atoms with Crippen LogP contribution in [-0.2, 0) is 14.4 Å². The number of aliphatic carboxylic acids is 1. The highest BCUT2D eigenvalue weighted by molar-refractivity contribution is 5.96. The van der Waals surface area contributed by atoms with Crippen LogP contribution in [0.15, 0.2) is 30.3 Å². The highest BCUT2D eigenvalue weighted by atomic mass is 19.2. The molecule has 0 bridgehead atoms. The summed E-state index contributed by atoms with van der Waals surface area (Å²) in [6.45, 7) is 1.05.